The standard InChI is InChI=1S/C26H27ClN2O4S/c1-28(17-19-14-18-8-3-6-11-22(18)34-19)23(30)15-26(20-9-4-5-10-21(20)27)16-24(31)29(25(26)32)12-7-13-33-2/h3-6,8-11,14H,7,12-13,15-17H2,1-2H3. The molecule has 8 heteroatoms. The van der Waals surface area contributed by atoms with E-state index >= 15 is 0 Å². The number of nitrogens with zero attached hydrogens (tertiary/aromatic N) is 2. The number of imide groups is 1. The minimum Gasteiger partial charge on any atom is -0.385 e. The number of fused-ring (bicyclic) bond motifs is 1. The molecule has 4 rings (SSSR count). The van der Waals surface area contributed by atoms with Crippen molar-refractivity contribution in [3.63, 3.8) is 0 Å². The van der Waals surface area contributed by atoms with Crippen molar-refractivity contribution in [3.8, 4) is 0 Å². The number of thiophene rings is 1. The molecule has 0 aliphatic carbocycles. The van der Waals surface area contributed by atoms with Gasteiger partial charge in [0.25, 0.3) is 0 Å². The zero-order valence-electron chi connectivity index (χ0n) is 19.3. The first-order chi connectivity index (χ1) is 16.4. The summed E-state index contributed by atoms with van der Waals surface area (Å²) in [5, 5.41) is 1.52. The Morgan fingerprint density at radius 2 is 1.91 bits per heavy atom. The molecule has 0 bridgehead atoms. The maximum absolute atomic E-state index is 13.7. The quantitative estimate of drug-likeness (QED) is 0.318. The van der Waals surface area contributed by atoms with Gasteiger partial charge in [-0.1, -0.05) is 48.0 Å². The van der Waals surface area contributed by atoms with Gasteiger partial charge in [0.15, 0.2) is 0 Å². The van der Waals surface area contributed by atoms with Gasteiger partial charge in [0.2, 0.25) is 17.7 Å². The molecule has 3 aromatic rings. The van der Waals surface area contributed by atoms with Crippen molar-refractivity contribution in [2.45, 2.75) is 31.2 Å². The fourth-order valence-corrected chi connectivity index (χ4v) is 5.95. The summed E-state index contributed by atoms with van der Waals surface area (Å²) in [6.45, 7) is 1.12. The molecule has 1 fully saturated rings. The van der Waals surface area contributed by atoms with E-state index in [9.17, 15) is 14.4 Å². The number of carbonyl (C=O) groups excluding carboxylic acids is 3. The van der Waals surface area contributed by atoms with Crippen LogP contribution in [0.25, 0.3) is 10.1 Å². The maximum atomic E-state index is 13.7. The molecule has 1 aliphatic heterocycles. The van der Waals surface area contributed by atoms with Crippen LogP contribution in [0.2, 0.25) is 5.02 Å². The van der Waals surface area contributed by atoms with Crippen LogP contribution >= 0.6 is 22.9 Å². The Labute approximate surface area is 208 Å². The molecule has 2 aromatic carbocycles. The zero-order valence-corrected chi connectivity index (χ0v) is 20.8. The normalized spacial score (nSPS) is 18.1. The molecule has 178 valence electrons. The number of benzene rings is 2. The minimum atomic E-state index is -1.31. The highest BCUT2D eigenvalue weighted by Crippen LogP contribution is 2.43. The van der Waals surface area contributed by atoms with E-state index in [-0.39, 0.29) is 37.1 Å². The Hall–Kier alpha value is -2.74. The van der Waals surface area contributed by atoms with Gasteiger partial charge < -0.3 is 9.64 Å². The highest BCUT2D eigenvalue weighted by atomic mass is 35.5. The average molecular weight is 499 g/mol. The summed E-state index contributed by atoms with van der Waals surface area (Å²) in [6, 6.07) is 17.1. The van der Waals surface area contributed by atoms with Crippen molar-refractivity contribution in [2.24, 2.45) is 0 Å². The van der Waals surface area contributed by atoms with Crippen LogP contribution in [-0.2, 0) is 31.1 Å². The molecule has 1 aromatic heterocycles. The first-order valence-electron chi connectivity index (χ1n) is 11.2. The Kier molecular flexibility index (Phi) is 7.36. The highest BCUT2D eigenvalue weighted by molar-refractivity contribution is 7.19. The van der Waals surface area contributed by atoms with Gasteiger partial charge in [-0.25, -0.2) is 0 Å². The van der Waals surface area contributed by atoms with Crippen LogP contribution in [0.5, 0.6) is 0 Å². The van der Waals surface area contributed by atoms with Crippen LogP contribution in [0, 0.1) is 0 Å². The van der Waals surface area contributed by atoms with Gasteiger partial charge in [-0.2, -0.15) is 0 Å². The Morgan fingerprint density at radius 3 is 2.65 bits per heavy atom. The third-order valence-corrected chi connectivity index (χ3v) is 7.71. The number of rotatable bonds is 9. The lowest BCUT2D eigenvalue weighted by atomic mass is 9.75. The fraction of sp³-hybridized carbons (Fsp3) is 0.346. The van der Waals surface area contributed by atoms with Crippen molar-refractivity contribution in [1.29, 1.82) is 0 Å². The first kappa shape index (κ1) is 24.4. The predicted molar refractivity (Wildman–Crippen MR) is 134 cm³/mol. The Morgan fingerprint density at radius 1 is 1.18 bits per heavy atom. The van der Waals surface area contributed by atoms with Crippen LogP contribution in [0.1, 0.15) is 29.7 Å². The highest BCUT2D eigenvalue weighted by Gasteiger charge is 2.54. The summed E-state index contributed by atoms with van der Waals surface area (Å²) >= 11 is 8.13. The van der Waals surface area contributed by atoms with E-state index in [2.05, 4.69) is 12.1 Å². The zero-order chi connectivity index (χ0) is 24.3. The van der Waals surface area contributed by atoms with E-state index < -0.39 is 5.41 Å². The molecule has 0 radical (unpaired) electrons. The van der Waals surface area contributed by atoms with Gasteiger partial charge in [0.1, 0.15) is 0 Å². The number of hydrogen-bond donors (Lipinski definition) is 0. The molecule has 0 N–H and O–H groups in total. The third kappa shape index (κ3) is 4.73. The lowest BCUT2D eigenvalue weighted by Crippen LogP contribution is -2.43. The molecule has 6 nitrogen and oxygen atoms in total. The number of carbonyl (C=O) groups is 3. The van der Waals surface area contributed by atoms with E-state index in [0.29, 0.717) is 30.2 Å². The number of halogens is 1. The van der Waals surface area contributed by atoms with Gasteiger partial charge in [-0.15, -0.1) is 11.3 Å². The minimum absolute atomic E-state index is 0.0784. The van der Waals surface area contributed by atoms with Crippen molar-refractivity contribution in [2.75, 3.05) is 27.3 Å². The summed E-state index contributed by atoms with van der Waals surface area (Å²) in [5.41, 5.74) is -0.790. The van der Waals surface area contributed by atoms with Crippen LogP contribution in [0.4, 0.5) is 0 Å². The van der Waals surface area contributed by atoms with Crippen molar-refractivity contribution in [3.05, 3.63) is 70.1 Å². The lowest BCUT2D eigenvalue weighted by Gasteiger charge is -2.30. The first-order valence-corrected chi connectivity index (χ1v) is 12.4. The monoisotopic (exact) mass is 498 g/mol. The Balaban J connectivity index is 1.59. The number of ether oxygens (including phenoxy) is 1. The molecule has 2 heterocycles. The molecule has 0 spiro atoms. The largest absolute Gasteiger partial charge is 0.385 e. The smallest absolute Gasteiger partial charge is 0.240 e. The topological polar surface area (TPSA) is 66.9 Å². The second-order valence-corrected chi connectivity index (χ2v) is 10.2. The second kappa shape index (κ2) is 10.3. The average Bonchev–Trinajstić information content (AvgIpc) is 3.33. The number of amides is 3. The SMILES string of the molecule is COCCCN1C(=O)CC(CC(=O)N(C)Cc2cc3ccccc3s2)(c2ccccc2Cl)C1=O. The maximum Gasteiger partial charge on any atom is 0.240 e. The molecular formula is C26H27ClN2O4S. The molecular weight excluding hydrogens is 472 g/mol. The van der Waals surface area contributed by atoms with Crippen LogP contribution in [0.15, 0.2) is 54.6 Å². The molecule has 1 atom stereocenters. The molecule has 1 unspecified atom stereocenters. The summed E-state index contributed by atoms with van der Waals surface area (Å²) < 4.78 is 6.23. The predicted octanol–water partition coefficient (Wildman–Crippen LogP) is 4.64. The number of likely N-dealkylation sites (tertiary alicyclic amines) is 1. The molecule has 1 saturated heterocycles. The summed E-state index contributed by atoms with van der Waals surface area (Å²) in [5.74, 6) is -0.872. The van der Waals surface area contributed by atoms with E-state index in [1.54, 1.807) is 54.7 Å². The van der Waals surface area contributed by atoms with Crippen molar-refractivity contribution >= 4 is 50.7 Å². The van der Waals surface area contributed by atoms with Gasteiger partial charge >= 0.3 is 0 Å². The second-order valence-electron chi connectivity index (χ2n) is 8.61. The van der Waals surface area contributed by atoms with Crippen molar-refractivity contribution < 1.29 is 19.1 Å². The molecule has 0 saturated carbocycles. The summed E-state index contributed by atoms with van der Waals surface area (Å²) in [6.07, 6.45) is 0.334. The van der Waals surface area contributed by atoms with Crippen LogP contribution < -0.4 is 0 Å². The van der Waals surface area contributed by atoms with Crippen LogP contribution in [0.3, 0.4) is 0 Å². The molecule has 1 aliphatic rings. The Bertz CT molecular complexity index is 1190. The van der Waals surface area contributed by atoms with Gasteiger partial charge in [0.05, 0.1) is 12.0 Å². The van der Waals surface area contributed by atoms with Gasteiger partial charge in [-0.3, -0.25) is 19.3 Å². The van der Waals surface area contributed by atoms with E-state index in [1.807, 2.05) is 18.2 Å². The van der Waals surface area contributed by atoms with E-state index in [4.69, 9.17) is 16.3 Å². The van der Waals surface area contributed by atoms with Crippen LogP contribution in [-0.4, -0.2) is 54.8 Å². The number of methoxy groups -OCH3 is 1. The summed E-state index contributed by atoms with van der Waals surface area (Å²) in [7, 11) is 3.30. The molecule has 34 heavy (non-hydrogen) atoms. The third-order valence-electron chi connectivity index (χ3n) is 6.28. The lowest BCUT2D eigenvalue weighted by molar-refractivity contribution is -0.142. The molecule has 3 amide bonds. The summed E-state index contributed by atoms with van der Waals surface area (Å²) in [4.78, 5) is 43.9. The van der Waals surface area contributed by atoms with Crippen molar-refractivity contribution in [1.82, 2.24) is 9.80 Å². The fourth-order valence-electron chi connectivity index (χ4n) is 4.52. The number of hydrogen-bond acceptors (Lipinski definition) is 5. The van der Waals surface area contributed by atoms with Gasteiger partial charge in [-0.05, 0) is 35.6 Å². The van der Waals surface area contributed by atoms with Gasteiger partial charge in [0, 0.05) is 54.8 Å². The van der Waals surface area contributed by atoms with E-state index in [1.165, 1.54) is 4.90 Å². The van der Waals surface area contributed by atoms with E-state index in [0.717, 1.165) is 15.0 Å².